The van der Waals surface area contributed by atoms with Crippen molar-refractivity contribution in [3.05, 3.63) is 78.0 Å². The van der Waals surface area contributed by atoms with Crippen LogP contribution >= 0.6 is 0 Å². The van der Waals surface area contributed by atoms with Crippen molar-refractivity contribution < 1.29 is 22.3 Å². The number of pyridine rings is 1. The molecule has 158 valence electrons. The third-order valence-corrected chi connectivity index (χ3v) is 6.77. The van der Waals surface area contributed by atoms with Crippen molar-refractivity contribution in [3.8, 4) is 11.5 Å². The molecule has 0 fully saturated rings. The third-order valence-electron chi connectivity index (χ3n) is 5.02. The lowest BCUT2D eigenvalue weighted by molar-refractivity contribution is 0.174. The van der Waals surface area contributed by atoms with E-state index < -0.39 is 15.8 Å². The molecule has 31 heavy (non-hydrogen) atoms. The lowest BCUT2D eigenvalue weighted by Gasteiger charge is -2.25. The minimum absolute atomic E-state index is 0.00144. The molecule has 2 aromatic heterocycles. The van der Waals surface area contributed by atoms with E-state index in [1.165, 1.54) is 28.7 Å². The van der Waals surface area contributed by atoms with Crippen LogP contribution in [0.1, 0.15) is 11.4 Å². The van der Waals surface area contributed by atoms with Gasteiger partial charge in [0.25, 0.3) is 10.0 Å². The van der Waals surface area contributed by atoms with Crippen molar-refractivity contribution in [2.45, 2.75) is 18.4 Å². The SMILES string of the molecule is Cc1nnc2ccc(S(=O)(=O)N(Cc3ccc(F)cc3)c3ccc4c(c3)OCO4)cn12. The zero-order valence-corrected chi connectivity index (χ0v) is 17.2. The highest BCUT2D eigenvalue weighted by molar-refractivity contribution is 7.92. The summed E-state index contributed by atoms with van der Waals surface area (Å²) in [5.74, 6) is 1.18. The van der Waals surface area contributed by atoms with Crippen LogP contribution in [0.3, 0.4) is 0 Å². The Morgan fingerprint density at radius 1 is 1.03 bits per heavy atom. The van der Waals surface area contributed by atoms with Crippen LogP contribution in [0.5, 0.6) is 11.5 Å². The van der Waals surface area contributed by atoms with Crippen molar-refractivity contribution in [3.63, 3.8) is 0 Å². The summed E-state index contributed by atoms with van der Waals surface area (Å²) in [7, 11) is -4.00. The number of aromatic nitrogens is 3. The molecule has 1 aliphatic heterocycles. The topological polar surface area (TPSA) is 86.0 Å². The van der Waals surface area contributed by atoms with E-state index in [0.29, 0.717) is 34.2 Å². The summed E-state index contributed by atoms with van der Waals surface area (Å²) >= 11 is 0. The van der Waals surface area contributed by atoms with E-state index in [0.717, 1.165) is 0 Å². The molecule has 0 spiro atoms. The first-order valence-corrected chi connectivity index (χ1v) is 10.8. The Morgan fingerprint density at radius 2 is 1.81 bits per heavy atom. The Bertz CT molecular complexity index is 1390. The Labute approximate surface area is 177 Å². The molecule has 0 unspecified atom stereocenters. The minimum atomic E-state index is -4.00. The van der Waals surface area contributed by atoms with Gasteiger partial charge in [0, 0.05) is 12.3 Å². The molecule has 2 aromatic carbocycles. The number of hydrogen-bond donors (Lipinski definition) is 0. The zero-order chi connectivity index (χ0) is 21.6. The molecule has 8 nitrogen and oxygen atoms in total. The van der Waals surface area contributed by atoms with E-state index >= 15 is 0 Å². The summed E-state index contributed by atoms with van der Waals surface area (Å²) in [6.07, 6.45) is 1.49. The molecule has 10 heteroatoms. The average Bonchev–Trinajstić information content (AvgIpc) is 3.39. The normalized spacial score (nSPS) is 13.0. The number of benzene rings is 2. The number of sulfonamides is 1. The quantitative estimate of drug-likeness (QED) is 0.473. The number of rotatable bonds is 5. The standard InChI is InChI=1S/C21H17FN4O4S/c1-14-23-24-21-9-7-18(12-25(14)21)31(27,28)26(11-15-2-4-16(22)5-3-15)17-6-8-19-20(10-17)30-13-29-19/h2-10,12H,11,13H2,1H3. The molecule has 0 aliphatic carbocycles. The monoisotopic (exact) mass is 440 g/mol. The molecule has 0 saturated heterocycles. The Kier molecular flexibility index (Phi) is 4.51. The molecule has 0 bridgehead atoms. The number of fused-ring (bicyclic) bond motifs is 2. The summed E-state index contributed by atoms with van der Waals surface area (Å²) in [6, 6.07) is 13.7. The van der Waals surface area contributed by atoms with E-state index in [2.05, 4.69) is 10.2 Å². The maximum Gasteiger partial charge on any atom is 0.266 e. The lowest BCUT2D eigenvalue weighted by atomic mass is 10.2. The largest absolute Gasteiger partial charge is 0.454 e. The van der Waals surface area contributed by atoms with Crippen molar-refractivity contribution >= 4 is 21.4 Å². The first kappa shape index (κ1) is 19.3. The average molecular weight is 440 g/mol. The van der Waals surface area contributed by atoms with Gasteiger partial charge in [-0.3, -0.25) is 8.71 Å². The maximum atomic E-state index is 13.7. The molecule has 0 N–H and O–H groups in total. The van der Waals surface area contributed by atoms with Gasteiger partial charge < -0.3 is 9.47 Å². The van der Waals surface area contributed by atoms with Gasteiger partial charge in [0.15, 0.2) is 17.1 Å². The summed E-state index contributed by atoms with van der Waals surface area (Å²) in [5, 5.41) is 7.97. The number of anilines is 1. The second-order valence-electron chi connectivity index (χ2n) is 7.02. The van der Waals surface area contributed by atoms with Crippen molar-refractivity contribution in [2.24, 2.45) is 0 Å². The maximum absolute atomic E-state index is 13.7. The summed E-state index contributed by atoms with van der Waals surface area (Å²) in [5.41, 5.74) is 1.57. The number of hydrogen-bond acceptors (Lipinski definition) is 6. The number of ether oxygens (including phenoxy) is 2. The molecule has 0 atom stereocenters. The van der Waals surface area contributed by atoms with E-state index in [1.54, 1.807) is 47.7 Å². The molecule has 1 aliphatic rings. The molecular formula is C21H17FN4O4S. The van der Waals surface area contributed by atoms with Crippen LogP contribution in [0.15, 0.2) is 65.7 Å². The van der Waals surface area contributed by atoms with Crippen LogP contribution in [0, 0.1) is 12.7 Å². The fourth-order valence-electron chi connectivity index (χ4n) is 3.38. The number of halogens is 1. The van der Waals surface area contributed by atoms with Gasteiger partial charge in [0.05, 0.1) is 12.2 Å². The molecule has 0 radical (unpaired) electrons. The highest BCUT2D eigenvalue weighted by atomic mass is 32.2. The van der Waals surface area contributed by atoms with Crippen LogP contribution in [0.2, 0.25) is 0 Å². The zero-order valence-electron chi connectivity index (χ0n) is 16.4. The minimum Gasteiger partial charge on any atom is -0.454 e. The lowest BCUT2D eigenvalue weighted by Crippen LogP contribution is -2.30. The number of nitrogens with zero attached hydrogens (tertiary/aromatic N) is 4. The van der Waals surface area contributed by atoms with Crippen LogP contribution in [-0.4, -0.2) is 29.8 Å². The predicted molar refractivity (Wildman–Crippen MR) is 110 cm³/mol. The van der Waals surface area contributed by atoms with E-state index in [-0.39, 0.29) is 18.2 Å². The van der Waals surface area contributed by atoms with Gasteiger partial charge in [-0.05, 0) is 48.9 Å². The summed E-state index contributed by atoms with van der Waals surface area (Å²) < 4.78 is 54.4. The van der Waals surface area contributed by atoms with Crippen molar-refractivity contribution in [2.75, 3.05) is 11.1 Å². The van der Waals surface area contributed by atoms with Gasteiger partial charge in [-0.2, -0.15) is 0 Å². The van der Waals surface area contributed by atoms with Crippen LogP contribution in [0.4, 0.5) is 10.1 Å². The van der Waals surface area contributed by atoms with Gasteiger partial charge in [-0.1, -0.05) is 12.1 Å². The number of aryl methyl sites for hydroxylation is 1. The van der Waals surface area contributed by atoms with Crippen LogP contribution in [0.25, 0.3) is 5.65 Å². The summed E-state index contributed by atoms with van der Waals surface area (Å²) in [6.45, 7) is 1.82. The van der Waals surface area contributed by atoms with E-state index in [4.69, 9.17) is 9.47 Å². The fraction of sp³-hybridized carbons (Fsp3) is 0.143. The first-order valence-electron chi connectivity index (χ1n) is 9.40. The molecule has 4 aromatic rings. The van der Waals surface area contributed by atoms with Crippen molar-refractivity contribution in [1.82, 2.24) is 14.6 Å². The van der Waals surface area contributed by atoms with Gasteiger partial charge >= 0.3 is 0 Å². The second kappa shape index (κ2) is 7.24. The van der Waals surface area contributed by atoms with E-state index in [1.807, 2.05) is 0 Å². The fourth-order valence-corrected chi connectivity index (χ4v) is 4.82. The first-order chi connectivity index (χ1) is 14.9. The van der Waals surface area contributed by atoms with Gasteiger partial charge in [0.1, 0.15) is 16.5 Å². The Morgan fingerprint density at radius 3 is 2.61 bits per heavy atom. The highest BCUT2D eigenvalue weighted by Crippen LogP contribution is 2.37. The highest BCUT2D eigenvalue weighted by Gasteiger charge is 2.28. The van der Waals surface area contributed by atoms with Gasteiger partial charge in [0.2, 0.25) is 6.79 Å². The van der Waals surface area contributed by atoms with Crippen LogP contribution < -0.4 is 13.8 Å². The van der Waals surface area contributed by atoms with E-state index in [9.17, 15) is 12.8 Å². The van der Waals surface area contributed by atoms with Crippen LogP contribution in [-0.2, 0) is 16.6 Å². The molecular weight excluding hydrogens is 423 g/mol. The molecule has 0 saturated carbocycles. The Balaban J connectivity index is 1.62. The smallest absolute Gasteiger partial charge is 0.266 e. The second-order valence-corrected chi connectivity index (χ2v) is 8.88. The molecule has 0 amide bonds. The van der Waals surface area contributed by atoms with Gasteiger partial charge in [-0.15, -0.1) is 10.2 Å². The van der Waals surface area contributed by atoms with Crippen molar-refractivity contribution in [1.29, 1.82) is 0 Å². The van der Waals surface area contributed by atoms with Gasteiger partial charge in [-0.25, -0.2) is 12.8 Å². The third kappa shape index (κ3) is 3.44. The summed E-state index contributed by atoms with van der Waals surface area (Å²) in [4.78, 5) is 0.0719. The molecule has 5 rings (SSSR count). The Hall–Kier alpha value is -3.66. The molecule has 3 heterocycles. The predicted octanol–water partition coefficient (Wildman–Crippen LogP) is 3.30.